The Labute approximate surface area is 178 Å². The van der Waals surface area contributed by atoms with Gasteiger partial charge in [0.05, 0.1) is 0 Å². The molecule has 142 valence electrons. The largest absolute Gasteiger partial charge is 0.115 e. The number of unbranched alkanes of at least 4 members (excludes halogenated alkanes) is 10. The normalized spacial score (nSPS) is 10.9. The predicted molar refractivity (Wildman–Crippen MR) is 132 cm³/mol. The van der Waals surface area contributed by atoms with Crippen molar-refractivity contribution in [1.29, 1.82) is 0 Å². The molecule has 0 unspecified atom stereocenters. The number of hydrogen-bond donors (Lipinski definition) is 0. The van der Waals surface area contributed by atoms with Crippen LogP contribution in [0.25, 0.3) is 0 Å². The van der Waals surface area contributed by atoms with Crippen molar-refractivity contribution in [3.63, 3.8) is 0 Å². The number of rotatable bonds is 14. The van der Waals surface area contributed by atoms with Gasteiger partial charge in [0, 0.05) is 0 Å². The SMILES string of the molecule is CCCCCCCCSC(=S)SSC(=S)SCCCCCCCC. The molecule has 0 rings (SSSR count). The summed E-state index contributed by atoms with van der Waals surface area (Å²) in [6.07, 6.45) is 16.2. The zero-order valence-corrected chi connectivity index (χ0v) is 20.2. The van der Waals surface area contributed by atoms with Crippen molar-refractivity contribution in [3.8, 4) is 0 Å². The van der Waals surface area contributed by atoms with Crippen molar-refractivity contribution >= 4 is 76.6 Å². The summed E-state index contributed by atoms with van der Waals surface area (Å²) in [5.41, 5.74) is 0. The van der Waals surface area contributed by atoms with Crippen LogP contribution in [0, 0.1) is 0 Å². The summed E-state index contributed by atoms with van der Waals surface area (Å²) >= 11 is 14.5. The van der Waals surface area contributed by atoms with Gasteiger partial charge in [0.25, 0.3) is 0 Å². The molecule has 0 radical (unpaired) electrons. The number of hydrogen-bond acceptors (Lipinski definition) is 6. The molecule has 0 spiro atoms. The van der Waals surface area contributed by atoms with Gasteiger partial charge in [-0.1, -0.05) is 102 Å². The quantitative estimate of drug-likeness (QED) is 0.148. The highest BCUT2D eigenvalue weighted by Crippen LogP contribution is 2.34. The van der Waals surface area contributed by atoms with Gasteiger partial charge < -0.3 is 0 Å². The smallest absolute Gasteiger partial charge is 0.107 e. The molecule has 0 bridgehead atoms. The van der Waals surface area contributed by atoms with Crippen molar-refractivity contribution in [2.24, 2.45) is 0 Å². The molecular formula is C18H34S6. The Hall–Kier alpha value is 1.58. The second kappa shape index (κ2) is 20.9. The van der Waals surface area contributed by atoms with Crippen molar-refractivity contribution in [2.75, 3.05) is 11.5 Å². The van der Waals surface area contributed by atoms with Crippen LogP contribution in [0.5, 0.6) is 0 Å². The van der Waals surface area contributed by atoms with Gasteiger partial charge >= 0.3 is 0 Å². The molecule has 0 amide bonds. The van der Waals surface area contributed by atoms with Gasteiger partial charge in [0.1, 0.15) is 7.06 Å². The second-order valence-electron chi connectivity index (χ2n) is 5.90. The van der Waals surface area contributed by atoms with E-state index in [2.05, 4.69) is 13.8 Å². The molecule has 0 aromatic heterocycles. The van der Waals surface area contributed by atoms with E-state index in [1.807, 2.05) is 23.5 Å². The standard InChI is InChI=1S/C18H34S6/c1-3-5-7-9-11-13-15-21-17(19)23-24-18(20)22-16-14-12-10-8-6-4-2/h3-16H2,1-2H3. The minimum atomic E-state index is 1.04. The van der Waals surface area contributed by atoms with Gasteiger partial charge in [-0.15, -0.1) is 23.5 Å². The maximum atomic E-state index is 5.42. The molecule has 0 fully saturated rings. The van der Waals surface area contributed by atoms with E-state index < -0.39 is 0 Å². The van der Waals surface area contributed by atoms with E-state index in [1.54, 1.807) is 21.6 Å². The highest BCUT2D eigenvalue weighted by atomic mass is 33.1. The first-order valence-corrected chi connectivity index (χ1v) is 14.3. The summed E-state index contributed by atoms with van der Waals surface area (Å²) in [4.78, 5) is 0. The summed E-state index contributed by atoms with van der Waals surface area (Å²) in [5, 5.41) is 0. The van der Waals surface area contributed by atoms with Gasteiger partial charge in [0.2, 0.25) is 0 Å². The van der Waals surface area contributed by atoms with E-state index in [1.165, 1.54) is 77.0 Å². The molecule has 0 heterocycles. The number of thiocarbonyl (C=S) groups is 2. The monoisotopic (exact) mass is 442 g/mol. The first-order chi connectivity index (χ1) is 11.7. The Bertz CT molecular complexity index is 276. The van der Waals surface area contributed by atoms with E-state index >= 15 is 0 Å². The zero-order valence-electron chi connectivity index (χ0n) is 15.3. The van der Waals surface area contributed by atoms with E-state index in [-0.39, 0.29) is 0 Å². The first-order valence-electron chi connectivity index (χ1n) is 9.38. The van der Waals surface area contributed by atoms with Crippen molar-refractivity contribution < 1.29 is 0 Å². The van der Waals surface area contributed by atoms with Crippen molar-refractivity contribution in [2.45, 2.75) is 90.9 Å². The van der Waals surface area contributed by atoms with Gasteiger partial charge in [-0.2, -0.15) is 0 Å². The van der Waals surface area contributed by atoms with Gasteiger partial charge in [-0.05, 0) is 45.9 Å². The molecule has 0 N–H and O–H groups in total. The summed E-state index contributed by atoms with van der Waals surface area (Å²) in [6, 6.07) is 0. The summed E-state index contributed by atoms with van der Waals surface area (Å²) in [6.45, 7) is 4.53. The first kappa shape index (κ1) is 25.6. The Morgan fingerprint density at radius 3 is 1.25 bits per heavy atom. The molecule has 0 aliphatic rings. The van der Waals surface area contributed by atoms with Crippen LogP contribution in [0.15, 0.2) is 0 Å². The minimum absolute atomic E-state index is 1.04. The molecule has 0 aromatic carbocycles. The molecule has 0 nitrogen and oxygen atoms in total. The Kier molecular flexibility index (Phi) is 22.3. The molecule has 0 atom stereocenters. The zero-order chi connectivity index (χ0) is 17.9. The lowest BCUT2D eigenvalue weighted by Crippen LogP contribution is -1.88. The van der Waals surface area contributed by atoms with Crippen LogP contribution < -0.4 is 0 Å². The third-order valence-corrected chi connectivity index (χ3v) is 10.4. The molecule has 0 saturated heterocycles. The summed E-state index contributed by atoms with van der Waals surface area (Å²) in [7, 11) is 3.36. The Balaban J connectivity index is 3.34. The average molecular weight is 443 g/mol. The van der Waals surface area contributed by atoms with Crippen LogP contribution in [0.4, 0.5) is 0 Å². The Morgan fingerprint density at radius 2 is 0.875 bits per heavy atom. The Morgan fingerprint density at radius 1 is 0.542 bits per heavy atom. The third-order valence-electron chi connectivity index (χ3n) is 3.61. The lowest BCUT2D eigenvalue weighted by atomic mass is 10.1. The van der Waals surface area contributed by atoms with Gasteiger partial charge in [-0.25, -0.2) is 0 Å². The average Bonchev–Trinajstić information content (AvgIpc) is 2.58. The van der Waals surface area contributed by atoms with E-state index in [4.69, 9.17) is 24.4 Å². The van der Waals surface area contributed by atoms with E-state index in [9.17, 15) is 0 Å². The minimum Gasteiger partial charge on any atom is -0.107 e. The van der Waals surface area contributed by atoms with Crippen molar-refractivity contribution in [1.82, 2.24) is 0 Å². The van der Waals surface area contributed by atoms with Crippen LogP contribution in [0.2, 0.25) is 0 Å². The van der Waals surface area contributed by atoms with Gasteiger partial charge in [0.15, 0.2) is 0 Å². The van der Waals surface area contributed by atoms with Crippen LogP contribution in [-0.4, -0.2) is 18.6 Å². The molecule has 6 heteroatoms. The van der Waals surface area contributed by atoms with Crippen LogP contribution in [-0.2, 0) is 0 Å². The number of thioether (sulfide) groups is 2. The van der Waals surface area contributed by atoms with Crippen molar-refractivity contribution in [3.05, 3.63) is 0 Å². The second-order valence-corrected chi connectivity index (χ2v) is 12.6. The molecule has 0 aromatic rings. The molecular weight excluding hydrogens is 409 g/mol. The highest BCUT2D eigenvalue weighted by molar-refractivity contribution is 8.96. The molecule has 0 saturated carbocycles. The van der Waals surface area contributed by atoms with Crippen LogP contribution in [0.3, 0.4) is 0 Å². The highest BCUT2D eigenvalue weighted by Gasteiger charge is 2.04. The lowest BCUT2D eigenvalue weighted by Gasteiger charge is -2.05. The van der Waals surface area contributed by atoms with E-state index in [0.717, 1.165) is 18.6 Å². The maximum absolute atomic E-state index is 5.42. The fraction of sp³-hybridized carbons (Fsp3) is 0.889. The summed E-state index contributed by atoms with van der Waals surface area (Å²) < 4.78 is 2.08. The third kappa shape index (κ3) is 19.9. The van der Waals surface area contributed by atoms with Crippen LogP contribution in [0.1, 0.15) is 90.9 Å². The molecule has 24 heavy (non-hydrogen) atoms. The lowest BCUT2D eigenvalue weighted by molar-refractivity contribution is 0.627. The molecule has 0 aliphatic heterocycles. The van der Waals surface area contributed by atoms with E-state index in [0.29, 0.717) is 0 Å². The molecule has 0 aliphatic carbocycles. The van der Waals surface area contributed by atoms with Crippen LogP contribution >= 0.6 is 69.5 Å². The summed E-state index contributed by atoms with van der Waals surface area (Å²) in [5.74, 6) is 2.33. The topological polar surface area (TPSA) is 0 Å². The predicted octanol–water partition coefficient (Wildman–Crippen LogP) is 9.12. The van der Waals surface area contributed by atoms with Gasteiger partial charge in [-0.3, -0.25) is 0 Å². The fourth-order valence-electron chi connectivity index (χ4n) is 2.19. The fourth-order valence-corrected chi connectivity index (χ4v) is 7.24. The maximum Gasteiger partial charge on any atom is 0.115 e.